The summed E-state index contributed by atoms with van der Waals surface area (Å²) in [6.07, 6.45) is 0. The van der Waals surface area contributed by atoms with Gasteiger partial charge in [0.2, 0.25) is 0 Å². The van der Waals surface area contributed by atoms with Gasteiger partial charge in [0.25, 0.3) is 21.6 Å². The van der Waals surface area contributed by atoms with E-state index in [0.29, 0.717) is 5.56 Å². The number of anilines is 1. The molecule has 2 aromatic carbocycles. The van der Waals surface area contributed by atoms with E-state index in [1.807, 2.05) is 13.8 Å². The van der Waals surface area contributed by atoms with Crippen molar-refractivity contribution >= 4 is 27.3 Å². The molecule has 132 valence electrons. The van der Waals surface area contributed by atoms with E-state index in [0.717, 1.165) is 24.3 Å². The lowest BCUT2D eigenvalue weighted by Crippen LogP contribution is -2.30. The summed E-state index contributed by atoms with van der Waals surface area (Å²) in [7, 11) is -3.93. The second-order valence-electron chi connectivity index (χ2n) is 5.57. The highest BCUT2D eigenvalue weighted by molar-refractivity contribution is 7.92. The van der Waals surface area contributed by atoms with E-state index in [2.05, 4.69) is 10.0 Å². The van der Waals surface area contributed by atoms with Gasteiger partial charge < -0.3 is 5.32 Å². The van der Waals surface area contributed by atoms with Crippen molar-refractivity contribution in [2.45, 2.75) is 24.8 Å². The highest BCUT2D eigenvalue weighted by Crippen LogP contribution is 2.20. The first-order valence-electron chi connectivity index (χ1n) is 7.37. The summed E-state index contributed by atoms with van der Waals surface area (Å²) in [5.41, 5.74) is 0.332. The second-order valence-corrected chi connectivity index (χ2v) is 7.25. The Balaban J connectivity index is 2.23. The molecule has 0 heterocycles. The number of carbonyl (C=O) groups is 1. The number of carbonyl (C=O) groups excluding carboxylic acids is 1. The van der Waals surface area contributed by atoms with Crippen LogP contribution in [0.3, 0.4) is 0 Å². The Morgan fingerprint density at radius 2 is 1.76 bits per heavy atom. The van der Waals surface area contributed by atoms with Gasteiger partial charge in [0.05, 0.1) is 9.82 Å². The Hall–Kier alpha value is -2.94. The molecule has 0 aromatic heterocycles. The SMILES string of the molecule is CC(C)NC(=O)c1cccc(NS(=O)(=O)c2ccc([N+](=O)[O-])cc2)c1. The molecular formula is C16H17N3O5S. The average Bonchev–Trinajstić information content (AvgIpc) is 2.54. The number of rotatable bonds is 6. The van der Waals surface area contributed by atoms with E-state index < -0.39 is 14.9 Å². The molecule has 2 N–H and O–H groups in total. The maximum absolute atomic E-state index is 12.4. The van der Waals surface area contributed by atoms with Crippen molar-refractivity contribution in [3.05, 3.63) is 64.2 Å². The maximum atomic E-state index is 12.4. The van der Waals surface area contributed by atoms with E-state index in [1.165, 1.54) is 12.1 Å². The van der Waals surface area contributed by atoms with Crippen LogP contribution in [0.4, 0.5) is 11.4 Å². The fourth-order valence-electron chi connectivity index (χ4n) is 2.03. The van der Waals surface area contributed by atoms with Crippen molar-refractivity contribution in [1.82, 2.24) is 5.32 Å². The number of nitro benzene ring substituents is 1. The van der Waals surface area contributed by atoms with Crippen molar-refractivity contribution in [2.24, 2.45) is 0 Å². The molecule has 0 aliphatic rings. The fourth-order valence-corrected chi connectivity index (χ4v) is 3.08. The number of sulfonamides is 1. The van der Waals surface area contributed by atoms with Gasteiger partial charge in [-0.05, 0) is 44.2 Å². The summed E-state index contributed by atoms with van der Waals surface area (Å²) in [6, 6.07) is 10.5. The number of benzene rings is 2. The maximum Gasteiger partial charge on any atom is 0.269 e. The van der Waals surface area contributed by atoms with Crippen molar-refractivity contribution in [3.63, 3.8) is 0 Å². The van der Waals surface area contributed by atoms with Gasteiger partial charge in [0.15, 0.2) is 0 Å². The molecule has 0 bridgehead atoms. The monoisotopic (exact) mass is 363 g/mol. The Labute approximate surface area is 145 Å². The molecule has 8 nitrogen and oxygen atoms in total. The van der Waals surface area contributed by atoms with Crippen molar-refractivity contribution < 1.29 is 18.1 Å². The van der Waals surface area contributed by atoms with E-state index in [-0.39, 0.29) is 28.2 Å². The second kappa shape index (κ2) is 7.31. The van der Waals surface area contributed by atoms with Crippen LogP contribution in [0.5, 0.6) is 0 Å². The topological polar surface area (TPSA) is 118 Å². The van der Waals surface area contributed by atoms with Crippen molar-refractivity contribution in [1.29, 1.82) is 0 Å². The van der Waals surface area contributed by atoms with Crippen LogP contribution < -0.4 is 10.0 Å². The number of hydrogen-bond acceptors (Lipinski definition) is 5. The molecule has 0 fully saturated rings. The number of nitro groups is 1. The number of amides is 1. The Bertz CT molecular complexity index is 892. The van der Waals surface area contributed by atoms with Crippen LogP contribution in [0.25, 0.3) is 0 Å². The van der Waals surface area contributed by atoms with Crippen LogP contribution >= 0.6 is 0 Å². The van der Waals surface area contributed by atoms with E-state index in [1.54, 1.807) is 12.1 Å². The minimum atomic E-state index is -3.93. The molecule has 0 aliphatic heterocycles. The molecule has 2 rings (SSSR count). The fraction of sp³-hybridized carbons (Fsp3) is 0.188. The minimum absolute atomic E-state index is 0.0482. The quantitative estimate of drug-likeness (QED) is 0.604. The molecule has 25 heavy (non-hydrogen) atoms. The summed E-state index contributed by atoms with van der Waals surface area (Å²) in [5, 5.41) is 13.4. The molecule has 0 aliphatic carbocycles. The molecule has 2 aromatic rings. The van der Waals surface area contributed by atoms with Gasteiger partial charge in [0.1, 0.15) is 0 Å². The third-order valence-corrected chi connectivity index (χ3v) is 4.55. The van der Waals surface area contributed by atoms with Gasteiger partial charge >= 0.3 is 0 Å². The molecular weight excluding hydrogens is 346 g/mol. The van der Waals surface area contributed by atoms with E-state index in [4.69, 9.17) is 0 Å². The Morgan fingerprint density at radius 1 is 1.12 bits per heavy atom. The zero-order chi connectivity index (χ0) is 18.6. The summed E-state index contributed by atoms with van der Waals surface area (Å²) < 4.78 is 27.1. The Morgan fingerprint density at radius 3 is 2.32 bits per heavy atom. The Kier molecular flexibility index (Phi) is 5.38. The van der Waals surface area contributed by atoms with Gasteiger partial charge in [-0.1, -0.05) is 6.07 Å². The van der Waals surface area contributed by atoms with Crippen LogP contribution in [0.15, 0.2) is 53.4 Å². The predicted molar refractivity (Wildman–Crippen MR) is 92.9 cm³/mol. The summed E-state index contributed by atoms with van der Waals surface area (Å²) in [5.74, 6) is -0.314. The summed E-state index contributed by atoms with van der Waals surface area (Å²) >= 11 is 0. The third kappa shape index (κ3) is 4.77. The first-order valence-corrected chi connectivity index (χ1v) is 8.85. The molecule has 0 spiro atoms. The van der Waals surface area contributed by atoms with Gasteiger partial charge in [-0.25, -0.2) is 8.42 Å². The lowest BCUT2D eigenvalue weighted by Gasteiger charge is -2.11. The standard InChI is InChI=1S/C16H17N3O5S/c1-11(2)17-16(20)12-4-3-5-13(10-12)18-25(23,24)15-8-6-14(7-9-15)19(21)22/h3-11,18H,1-2H3,(H,17,20). The first-order chi connectivity index (χ1) is 11.7. The van der Waals surface area contributed by atoms with Crippen LogP contribution in [0.2, 0.25) is 0 Å². The molecule has 0 radical (unpaired) electrons. The predicted octanol–water partition coefficient (Wildman–Crippen LogP) is 2.53. The molecule has 0 saturated heterocycles. The molecule has 1 amide bonds. The third-order valence-electron chi connectivity index (χ3n) is 3.15. The number of non-ortho nitro benzene ring substituents is 1. The van der Waals surface area contributed by atoms with Crippen LogP contribution in [0, 0.1) is 10.1 Å². The normalized spacial score (nSPS) is 11.2. The lowest BCUT2D eigenvalue weighted by molar-refractivity contribution is -0.384. The zero-order valence-corrected chi connectivity index (χ0v) is 14.4. The van der Waals surface area contributed by atoms with Crippen LogP contribution in [0.1, 0.15) is 24.2 Å². The van der Waals surface area contributed by atoms with Crippen LogP contribution in [-0.2, 0) is 10.0 Å². The first kappa shape index (κ1) is 18.4. The number of nitrogens with zero attached hydrogens (tertiary/aromatic N) is 1. The molecule has 0 saturated carbocycles. The summed E-state index contributed by atoms with van der Waals surface area (Å²) in [4.78, 5) is 21.9. The van der Waals surface area contributed by atoms with E-state index in [9.17, 15) is 23.3 Å². The molecule has 9 heteroatoms. The molecule has 0 atom stereocenters. The highest BCUT2D eigenvalue weighted by Gasteiger charge is 2.17. The average molecular weight is 363 g/mol. The number of nitrogens with one attached hydrogen (secondary N) is 2. The zero-order valence-electron chi connectivity index (χ0n) is 13.6. The minimum Gasteiger partial charge on any atom is -0.350 e. The van der Waals surface area contributed by atoms with Gasteiger partial charge in [0, 0.05) is 29.4 Å². The van der Waals surface area contributed by atoms with Crippen LogP contribution in [-0.4, -0.2) is 25.3 Å². The van der Waals surface area contributed by atoms with Crippen molar-refractivity contribution in [3.8, 4) is 0 Å². The van der Waals surface area contributed by atoms with E-state index >= 15 is 0 Å². The summed E-state index contributed by atoms with van der Waals surface area (Å²) in [6.45, 7) is 3.64. The van der Waals surface area contributed by atoms with Crippen molar-refractivity contribution in [2.75, 3.05) is 4.72 Å². The highest BCUT2D eigenvalue weighted by atomic mass is 32.2. The van der Waals surface area contributed by atoms with Gasteiger partial charge in [-0.2, -0.15) is 0 Å². The van der Waals surface area contributed by atoms with Gasteiger partial charge in [-0.3, -0.25) is 19.6 Å². The van der Waals surface area contributed by atoms with Gasteiger partial charge in [-0.15, -0.1) is 0 Å². The largest absolute Gasteiger partial charge is 0.350 e. The number of hydrogen-bond donors (Lipinski definition) is 2. The smallest absolute Gasteiger partial charge is 0.269 e. The molecule has 0 unspecified atom stereocenters. The lowest BCUT2D eigenvalue weighted by atomic mass is 10.2.